The zero-order valence-corrected chi connectivity index (χ0v) is 10.4. The molecule has 0 spiro atoms. The van der Waals surface area contributed by atoms with Gasteiger partial charge in [-0.15, -0.1) is 0 Å². The number of aryl methyl sites for hydroxylation is 1. The van der Waals surface area contributed by atoms with Crippen molar-refractivity contribution in [3.63, 3.8) is 0 Å². The number of aliphatic hydroxyl groups excluding tert-OH is 1. The molecule has 1 aromatic carbocycles. The van der Waals surface area contributed by atoms with Crippen LogP contribution in [-0.4, -0.2) is 17.2 Å². The summed E-state index contributed by atoms with van der Waals surface area (Å²) >= 11 is 0. The Morgan fingerprint density at radius 1 is 1.17 bits per heavy atom. The molecule has 0 aliphatic heterocycles. The summed E-state index contributed by atoms with van der Waals surface area (Å²) in [5.41, 5.74) is 1.82. The van der Waals surface area contributed by atoms with Crippen molar-refractivity contribution in [1.82, 2.24) is 4.98 Å². The number of nitrogens with zero attached hydrogens (tertiary/aromatic N) is 1. The number of benzene rings is 1. The van der Waals surface area contributed by atoms with Crippen LogP contribution in [-0.2, 0) is 6.42 Å². The molecule has 1 atom stereocenters. The molecule has 0 saturated heterocycles. The lowest BCUT2D eigenvalue weighted by Gasteiger charge is -2.11. The van der Waals surface area contributed by atoms with Gasteiger partial charge < -0.3 is 9.84 Å². The van der Waals surface area contributed by atoms with Crippen LogP contribution in [0.1, 0.15) is 23.8 Å². The molecule has 0 radical (unpaired) electrons. The average Bonchev–Trinajstić information content (AvgIpc) is 2.46. The lowest BCUT2D eigenvalue weighted by Crippen LogP contribution is -2.02. The third-order valence-electron chi connectivity index (χ3n) is 2.91. The number of aromatic nitrogens is 1. The molecular weight excluding hydrogens is 226 g/mol. The van der Waals surface area contributed by atoms with E-state index in [1.807, 2.05) is 42.5 Å². The predicted octanol–water partition coefficient (Wildman–Crippen LogP) is 2.76. The van der Waals surface area contributed by atoms with Gasteiger partial charge in [-0.25, -0.2) is 0 Å². The van der Waals surface area contributed by atoms with Crippen molar-refractivity contribution >= 4 is 0 Å². The SMILES string of the molecule is COc1ccccc1CCC(O)c1ccccn1. The van der Waals surface area contributed by atoms with Crippen molar-refractivity contribution in [2.75, 3.05) is 7.11 Å². The predicted molar refractivity (Wildman–Crippen MR) is 70.5 cm³/mol. The molecule has 3 nitrogen and oxygen atoms in total. The molecule has 2 aromatic rings. The van der Waals surface area contributed by atoms with E-state index in [1.165, 1.54) is 0 Å². The second kappa shape index (κ2) is 6.17. The van der Waals surface area contributed by atoms with E-state index >= 15 is 0 Å². The van der Waals surface area contributed by atoms with E-state index < -0.39 is 6.10 Å². The highest BCUT2D eigenvalue weighted by Gasteiger charge is 2.10. The van der Waals surface area contributed by atoms with E-state index in [0.717, 1.165) is 17.7 Å². The summed E-state index contributed by atoms with van der Waals surface area (Å²) < 4.78 is 5.29. The summed E-state index contributed by atoms with van der Waals surface area (Å²) in [5, 5.41) is 10.0. The van der Waals surface area contributed by atoms with Gasteiger partial charge >= 0.3 is 0 Å². The number of para-hydroxylation sites is 1. The summed E-state index contributed by atoms with van der Waals surface area (Å²) in [7, 11) is 1.66. The van der Waals surface area contributed by atoms with Gasteiger partial charge in [0.25, 0.3) is 0 Å². The molecule has 0 fully saturated rings. The molecule has 0 bridgehead atoms. The van der Waals surface area contributed by atoms with E-state index in [0.29, 0.717) is 12.1 Å². The maximum Gasteiger partial charge on any atom is 0.122 e. The third kappa shape index (κ3) is 3.08. The summed E-state index contributed by atoms with van der Waals surface area (Å²) in [5.74, 6) is 0.866. The highest BCUT2D eigenvalue weighted by Crippen LogP contribution is 2.22. The molecule has 18 heavy (non-hydrogen) atoms. The minimum Gasteiger partial charge on any atom is -0.496 e. The van der Waals surface area contributed by atoms with Crippen LogP contribution in [0.2, 0.25) is 0 Å². The van der Waals surface area contributed by atoms with Crippen molar-refractivity contribution in [3.8, 4) is 5.75 Å². The van der Waals surface area contributed by atoms with Gasteiger partial charge in [0.15, 0.2) is 0 Å². The van der Waals surface area contributed by atoms with Crippen LogP contribution in [0.4, 0.5) is 0 Å². The Bertz CT molecular complexity index is 485. The first kappa shape index (κ1) is 12.6. The Labute approximate surface area is 107 Å². The van der Waals surface area contributed by atoms with Crippen LogP contribution >= 0.6 is 0 Å². The van der Waals surface area contributed by atoms with Crippen LogP contribution < -0.4 is 4.74 Å². The molecule has 0 amide bonds. The fourth-order valence-corrected chi connectivity index (χ4v) is 1.92. The van der Waals surface area contributed by atoms with Gasteiger partial charge in [0.1, 0.15) is 5.75 Å². The lowest BCUT2D eigenvalue weighted by atomic mass is 10.0. The maximum absolute atomic E-state index is 10.0. The van der Waals surface area contributed by atoms with E-state index in [9.17, 15) is 5.11 Å². The molecule has 1 unspecified atom stereocenters. The van der Waals surface area contributed by atoms with Gasteiger partial charge in [-0.1, -0.05) is 24.3 Å². The lowest BCUT2D eigenvalue weighted by molar-refractivity contribution is 0.163. The van der Waals surface area contributed by atoms with Crippen molar-refractivity contribution in [1.29, 1.82) is 0 Å². The Morgan fingerprint density at radius 3 is 2.67 bits per heavy atom. The molecule has 1 aromatic heterocycles. The Hall–Kier alpha value is -1.87. The fraction of sp³-hybridized carbons (Fsp3) is 0.267. The normalized spacial score (nSPS) is 12.1. The number of aliphatic hydroxyl groups is 1. The number of methoxy groups -OCH3 is 1. The molecule has 3 heteroatoms. The molecule has 94 valence electrons. The van der Waals surface area contributed by atoms with Crippen LogP contribution in [0.25, 0.3) is 0 Å². The first-order valence-corrected chi connectivity index (χ1v) is 6.02. The minimum absolute atomic E-state index is 0.531. The second-order valence-electron chi connectivity index (χ2n) is 4.12. The van der Waals surface area contributed by atoms with Crippen LogP contribution in [0.5, 0.6) is 5.75 Å². The van der Waals surface area contributed by atoms with Gasteiger partial charge in [0, 0.05) is 6.20 Å². The minimum atomic E-state index is -0.531. The highest BCUT2D eigenvalue weighted by atomic mass is 16.5. The van der Waals surface area contributed by atoms with Crippen LogP contribution in [0, 0.1) is 0 Å². The zero-order valence-electron chi connectivity index (χ0n) is 10.4. The van der Waals surface area contributed by atoms with Gasteiger partial charge in [-0.3, -0.25) is 4.98 Å². The summed E-state index contributed by atoms with van der Waals surface area (Å²) in [6.07, 6.45) is 2.57. The third-order valence-corrected chi connectivity index (χ3v) is 2.91. The average molecular weight is 243 g/mol. The van der Waals surface area contributed by atoms with Gasteiger partial charge in [0.05, 0.1) is 18.9 Å². The van der Waals surface area contributed by atoms with Crippen molar-refractivity contribution < 1.29 is 9.84 Å². The van der Waals surface area contributed by atoms with Crippen molar-refractivity contribution in [2.24, 2.45) is 0 Å². The first-order chi connectivity index (χ1) is 8.81. The summed E-state index contributed by atoms with van der Waals surface area (Å²) in [6, 6.07) is 13.4. The Balaban J connectivity index is 1.99. The molecule has 0 aliphatic rings. The molecule has 2 rings (SSSR count). The first-order valence-electron chi connectivity index (χ1n) is 6.02. The van der Waals surface area contributed by atoms with Gasteiger partial charge in [0.2, 0.25) is 0 Å². The standard InChI is InChI=1S/C15H17NO2/c1-18-15-8-3-2-6-12(15)9-10-14(17)13-7-4-5-11-16-13/h2-8,11,14,17H,9-10H2,1H3. The van der Waals surface area contributed by atoms with E-state index in [4.69, 9.17) is 4.74 Å². The topological polar surface area (TPSA) is 42.4 Å². The number of ether oxygens (including phenoxy) is 1. The molecular formula is C15H17NO2. The number of hydrogen-bond donors (Lipinski definition) is 1. The van der Waals surface area contributed by atoms with Gasteiger partial charge in [-0.2, -0.15) is 0 Å². The number of rotatable bonds is 5. The van der Waals surface area contributed by atoms with Crippen molar-refractivity contribution in [2.45, 2.75) is 18.9 Å². The molecule has 1 heterocycles. The fourth-order valence-electron chi connectivity index (χ4n) is 1.92. The highest BCUT2D eigenvalue weighted by molar-refractivity contribution is 5.33. The second-order valence-corrected chi connectivity index (χ2v) is 4.12. The summed E-state index contributed by atoms with van der Waals surface area (Å²) in [6.45, 7) is 0. The molecule has 1 N–H and O–H groups in total. The molecule has 0 saturated carbocycles. The van der Waals surface area contributed by atoms with E-state index in [1.54, 1.807) is 13.3 Å². The van der Waals surface area contributed by atoms with E-state index in [-0.39, 0.29) is 0 Å². The number of hydrogen-bond acceptors (Lipinski definition) is 3. The van der Waals surface area contributed by atoms with E-state index in [2.05, 4.69) is 4.98 Å². The van der Waals surface area contributed by atoms with Crippen molar-refractivity contribution in [3.05, 3.63) is 59.9 Å². The zero-order chi connectivity index (χ0) is 12.8. The largest absolute Gasteiger partial charge is 0.496 e. The number of pyridine rings is 1. The van der Waals surface area contributed by atoms with Crippen LogP contribution in [0.3, 0.4) is 0 Å². The smallest absolute Gasteiger partial charge is 0.122 e. The van der Waals surface area contributed by atoms with Gasteiger partial charge in [-0.05, 0) is 36.6 Å². The summed E-state index contributed by atoms with van der Waals surface area (Å²) in [4.78, 5) is 4.15. The quantitative estimate of drug-likeness (QED) is 0.878. The Morgan fingerprint density at radius 2 is 1.94 bits per heavy atom. The monoisotopic (exact) mass is 243 g/mol. The molecule has 0 aliphatic carbocycles. The Kier molecular flexibility index (Phi) is 4.31. The van der Waals surface area contributed by atoms with Crippen LogP contribution in [0.15, 0.2) is 48.7 Å². The maximum atomic E-state index is 10.0.